The second-order valence-corrected chi connectivity index (χ2v) is 3.62. The van der Waals surface area contributed by atoms with Gasteiger partial charge < -0.3 is 10.2 Å². The highest BCUT2D eigenvalue weighted by Crippen LogP contribution is 2.34. The van der Waals surface area contributed by atoms with Crippen LogP contribution in [0.25, 0.3) is 0 Å². The molecule has 1 rings (SSSR count). The summed E-state index contributed by atoms with van der Waals surface area (Å²) >= 11 is 0. The Labute approximate surface area is 86.9 Å². The highest BCUT2D eigenvalue weighted by atomic mass is 16.4. The van der Waals surface area contributed by atoms with Gasteiger partial charge in [-0.05, 0) is 19.4 Å². The predicted molar refractivity (Wildman–Crippen MR) is 53.0 cm³/mol. The lowest BCUT2D eigenvalue weighted by Gasteiger charge is -2.24. The van der Waals surface area contributed by atoms with Crippen molar-refractivity contribution in [2.45, 2.75) is 13.3 Å². The minimum atomic E-state index is -1.23. The van der Waals surface area contributed by atoms with E-state index in [4.69, 9.17) is 16.6 Å². The van der Waals surface area contributed by atoms with Crippen LogP contribution in [-0.4, -0.2) is 22.2 Å². The van der Waals surface area contributed by atoms with Gasteiger partial charge in [0, 0.05) is 11.1 Å². The molecule has 1 aliphatic rings. The highest BCUT2D eigenvalue weighted by molar-refractivity contribution is 5.91. The van der Waals surface area contributed by atoms with Crippen molar-refractivity contribution in [2.75, 3.05) is 0 Å². The van der Waals surface area contributed by atoms with E-state index >= 15 is 0 Å². The maximum Gasteiger partial charge on any atom is 0.331 e. The summed E-state index contributed by atoms with van der Waals surface area (Å²) in [6.07, 6.45) is 7.82. The number of carboxylic acids is 2. The van der Waals surface area contributed by atoms with Gasteiger partial charge in [0.1, 0.15) is 0 Å². The SMILES string of the molecule is C#CC1=CC(C)(C(=O)O)CC(C(=O)O)=C1. The molecule has 1 aliphatic carbocycles. The van der Waals surface area contributed by atoms with Crippen LogP contribution in [0.3, 0.4) is 0 Å². The van der Waals surface area contributed by atoms with Crippen LogP contribution in [0.2, 0.25) is 0 Å². The van der Waals surface area contributed by atoms with Crippen LogP contribution in [0.1, 0.15) is 13.3 Å². The molecule has 0 aliphatic heterocycles. The van der Waals surface area contributed by atoms with Crippen molar-refractivity contribution in [3.8, 4) is 12.3 Å². The molecule has 0 bridgehead atoms. The van der Waals surface area contributed by atoms with Crippen LogP contribution >= 0.6 is 0 Å². The standard InChI is InChI=1S/C11H10O4/c1-3-7-4-8(9(12)13)6-11(2,5-7)10(14)15/h1,4-5H,6H2,2H3,(H,12,13)(H,14,15). The van der Waals surface area contributed by atoms with Gasteiger partial charge in [-0.15, -0.1) is 6.42 Å². The van der Waals surface area contributed by atoms with E-state index in [-0.39, 0.29) is 12.0 Å². The molecule has 4 heteroatoms. The van der Waals surface area contributed by atoms with Crippen molar-refractivity contribution < 1.29 is 19.8 Å². The zero-order valence-electron chi connectivity index (χ0n) is 8.15. The molecule has 0 aromatic rings. The molecule has 0 amide bonds. The van der Waals surface area contributed by atoms with Crippen molar-refractivity contribution in [1.82, 2.24) is 0 Å². The number of hydrogen-bond acceptors (Lipinski definition) is 2. The average molecular weight is 206 g/mol. The van der Waals surface area contributed by atoms with E-state index in [1.165, 1.54) is 19.1 Å². The Morgan fingerprint density at radius 3 is 2.53 bits per heavy atom. The van der Waals surface area contributed by atoms with E-state index in [1.807, 2.05) is 0 Å². The Balaban J connectivity index is 3.20. The number of terminal acetylenes is 1. The fraction of sp³-hybridized carbons (Fsp3) is 0.273. The summed E-state index contributed by atoms with van der Waals surface area (Å²) < 4.78 is 0. The average Bonchev–Trinajstić information content (AvgIpc) is 2.16. The largest absolute Gasteiger partial charge is 0.481 e. The third kappa shape index (κ3) is 2.08. The first-order valence-corrected chi connectivity index (χ1v) is 4.26. The lowest BCUT2D eigenvalue weighted by atomic mass is 9.78. The summed E-state index contributed by atoms with van der Waals surface area (Å²) in [5.41, 5.74) is -0.914. The normalized spacial score (nSPS) is 24.8. The van der Waals surface area contributed by atoms with Crippen LogP contribution in [0, 0.1) is 17.8 Å². The first kappa shape index (κ1) is 11.1. The summed E-state index contributed by atoms with van der Waals surface area (Å²) in [5.74, 6) is 0.0397. The molecule has 0 radical (unpaired) electrons. The molecule has 0 spiro atoms. The van der Waals surface area contributed by atoms with E-state index < -0.39 is 17.4 Å². The minimum Gasteiger partial charge on any atom is -0.481 e. The molecule has 2 N–H and O–H groups in total. The molecule has 0 aromatic carbocycles. The van der Waals surface area contributed by atoms with Crippen LogP contribution in [0.15, 0.2) is 23.3 Å². The molecule has 1 unspecified atom stereocenters. The van der Waals surface area contributed by atoms with E-state index in [9.17, 15) is 9.59 Å². The lowest BCUT2D eigenvalue weighted by Crippen LogP contribution is -2.29. The second kappa shape index (κ2) is 3.62. The van der Waals surface area contributed by atoms with Gasteiger partial charge in [-0.25, -0.2) is 4.79 Å². The molecular weight excluding hydrogens is 196 g/mol. The first-order valence-electron chi connectivity index (χ1n) is 4.26. The summed E-state index contributed by atoms with van der Waals surface area (Å²) in [6, 6.07) is 0. The lowest BCUT2D eigenvalue weighted by molar-refractivity contribution is -0.145. The van der Waals surface area contributed by atoms with E-state index in [2.05, 4.69) is 5.92 Å². The number of rotatable bonds is 2. The zero-order chi connectivity index (χ0) is 11.6. The Hall–Kier alpha value is -2.02. The van der Waals surface area contributed by atoms with Crippen molar-refractivity contribution in [3.05, 3.63) is 23.3 Å². The molecule has 0 aromatic heterocycles. The van der Waals surface area contributed by atoms with Gasteiger partial charge in [0.15, 0.2) is 0 Å². The van der Waals surface area contributed by atoms with E-state index in [1.54, 1.807) is 0 Å². The molecule has 0 saturated heterocycles. The zero-order valence-corrected chi connectivity index (χ0v) is 8.15. The third-order valence-electron chi connectivity index (χ3n) is 2.29. The number of allylic oxidation sites excluding steroid dienone is 2. The van der Waals surface area contributed by atoms with Gasteiger partial charge in [0.2, 0.25) is 0 Å². The molecule has 0 heterocycles. The number of aliphatic carboxylic acids is 2. The Kier molecular flexibility index (Phi) is 2.67. The van der Waals surface area contributed by atoms with Crippen molar-refractivity contribution in [2.24, 2.45) is 5.41 Å². The van der Waals surface area contributed by atoms with Gasteiger partial charge >= 0.3 is 11.9 Å². The maximum absolute atomic E-state index is 11.0. The molecular formula is C11H10O4. The fourth-order valence-electron chi connectivity index (χ4n) is 1.43. The Morgan fingerprint density at radius 1 is 1.53 bits per heavy atom. The van der Waals surface area contributed by atoms with Crippen molar-refractivity contribution in [3.63, 3.8) is 0 Å². The fourth-order valence-corrected chi connectivity index (χ4v) is 1.43. The van der Waals surface area contributed by atoms with Gasteiger partial charge in [-0.2, -0.15) is 0 Å². The quantitative estimate of drug-likeness (QED) is 0.662. The van der Waals surface area contributed by atoms with Crippen LogP contribution in [0.5, 0.6) is 0 Å². The molecule has 1 atom stereocenters. The van der Waals surface area contributed by atoms with Gasteiger partial charge in [-0.1, -0.05) is 12.0 Å². The number of carbonyl (C=O) groups is 2. The summed E-state index contributed by atoms with van der Waals surface area (Å²) in [7, 11) is 0. The topological polar surface area (TPSA) is 74.6 Å². The van der Waals surface area contributed by atoms with Crippen LogP contribution in [0.4, 0.5) is 0 Å². The monoisotopic (exact) mass is 206 g/mol. The summed E-state index contributed by atoms with van der Waals surface area (Å²) in [6.45, 7) is 1.45. The summed E-state index contributed by atoms with van der Waals surface area (Å²) in [4.78, 5) is 21.7. The molecule has 15 heavy (non-hydrogen) atoms. The van der Waals surface area contributed by atoms with Gasteiger partial charge in [0.25, 0.3) is 0 Å². The molecule has 0 fully saturated rings. The highest BCUT2D eigenvalue weighted by Gasteiger charge is 2.36. The first-order chi connectivity index (χ1) is 6.89. The molecule has 78 valence electrons. The van der Waals surface area contributed by atoms with Crippen LogP contribution < -0.4 is 0 Å². The van der Waals surface area contributed by atoms with Crippen molar-refractivity contribution in [1.29, 1.82) is 0 Å². The predicted octanol–water partition coefficient (Wildman–Crippen LogP) is 1.05. The summed E-state index contributed by atoms with van der Waals surface area (Å²) in [5, 5.41) is 17.8. The number of hydrogen-bond donors (Lipinski definition) is 2. The van der Waals surface area contributed by atoms with Crippen molar-refractivity contribution >= 4 is 11.9 Å². The maximum atomic E-state index is 11.0. The second-order valence-electron chi connectivity index (χ2n) is 3.62. The number of carboxylic acid groups (broad SMARTS) is 2. The van der Waals surface area contributed by atoms with E-state index in [0.29, 0.717) is 5.57 Å². The smallest absolute Gasteiger partial charge is 0.331 e. The minimum absolute atomic E-state index is 0.0235. The van der Waals surface area contributed by atoms with Gasteiger partial charge in [-0.3, -0.25) is 4.79 Å². The third-order valence-corrected chi connectivity index (χ3v) is 2.29. The van der Waals surface area contributed by atoms with Crippen LogP contribution in [-0.2, 0) is 9.59 Å². The Bertz CT molecular complexity index is 422. The molecule has 0 saturated carbocycles. The Morgan fingerprint density at radius 2 is 2.13 bits per heavy atom. The van der Waals surface area contributed by atoms with E-state index in [0.717, 1.165) is 0 Å². The van der Waals surface area contributed by atoms with Gasteiger partial charge in [0.05, 0.1) is 5.41 Å². The molecule has 4 nitrogen and oxygen atoms in total.